The van der Waals surface area contributed by atoms with Crippen molar-refractivity contribution in [2.45, 2.75) is 38.0 Å². The molecule has 0 unspecified atom stereocenters. The van der Waals surface area contributed by atoms with Crippen molar-refractivity contribution in [1.29, 1.82) is 0 Å². The number of phenolic OH excluding ortho intramolecular Hbond substituents is 1. The number of hydrazine groups is 1. The molecule has 2 aliphatic heterocycles. The van der Waals surface area contributed by atoms with Crippen LogP contribution in [0.5, 0.6) is 17.2 Å². The third kappa shape index (κ3) is 4.82. The lowest BCUT2D eigenvalue weighted by molar-refractivity contribution is -0.141. The highest BCUT2D eigenvalue weighted by molar-refractivity contribution is 6.36. The van der Waals surface area contributed by atoms with Gasteiger partial charge in [-0.25, -0.2) is 0 Å². The number of rotatable bonds is 8. The lowest BCUT2D eigenvalue weighted by Gasteiger charge is -2.50. The largest absolute Gasteiger partial charge is 0.504 e. The van der Waals surface area contributed by atoms with Gasteiger partial charge in [-0.1, -0.05) is 59.1 Å². The molecule has 4 aliphatic rings. The van der Waals surface area contributed by atoms with Crippen molar-refractivity contribution in [3.63, 3.8) is 0 Å². The number of methoxy groups -OCH3 is 1. The molecule has 2 heterocycles. The maximum atomic E-state index is 15.3. The lowest BCUT2D eigenvalue weighted by atomic mass is 9.49. The Kier molecular flexibility index (Phi) is 8.35. The first-order valence-corrected chi connectivity index (χ1v) is 17.1. The van der Waals surface area contributed by atoms with Crippen molar-refractivity contribution in [2.75, 3.05) is 25.7 Å². The van der Waals surface area contributed by atoms with Crippen LogP contribution in [0.4, 0.5) is 5.69 Å². The molecule has 7 rings (SSSR count). The Morgan fingerprint density at radius 3 is 2.39 bits per heavy atom. The molecular formula is C37H35Cl2N3O7. The number of likely N-dealkylation sites (tertiary alicyclic amines) is 1. The van der Waals surface area contributed by atoms with Gasteiger partial charge >= 0.3 is 0 Å². The van der Waals surface area contributed by atoms with E-state index in [2.05, 4.69) is 5.43 Å². The summed E-state index contributed by atoms with van der Waals surface area (Å²) in [6, 6.07) is 16.8. The summed E-state index contributed by atoms with van der Waals surface area (Å²) in [5.41, 5.74) is 3.29. The molecule has 2 N–H and O–H groups in total. The van der Waals surface area contributed by atoms with E-state index in [4.69, 9.17) is 32.7 Å². The molecule has 10 nitrogen and oxygen atoms in total. The minimum Gasteiger partial charge on any atom is -0.504 e. The molecule has 3 aromatic rings. The molecule has 0 spiro atoms. The normalized spacial score (nSPS) is 27.4. The van der Waals surface area contributed by atoms with Crippen LogP contribution < -0.4 is 14.9 Å². The van der Waals surface area contributed by atoms with Crippen LogP contribution in [0.15, 0.2) is 72.3 Å². The summed E-state index contributed by atoms with van der Waals surface area (Å²) < 4.78 is 11.2. The smallest absolute Gasteiger partial charge is 0.260 e. The van der Waals surface area contributed by atoms with Gasteiger partial charge in [-0.05, 0) is 74.6 Å². The number of ether oxygens (including phenoxy) is 2. The highest BCUT2D eigenvalue weighted by Crippen LogP contribution is 2.65. The van der Waals surface area contributed by atoms with E-state index < -0.39 is 46.8 Å². The van der Waals surface area contributed by atoms with Crippen LogP contribution in [0.2, 0.25) is 10.0 Å². The Morgan fingerprint density at radius 1 is 0.959 bits per heavy atom. The van der Waals surface area contributed by atoms with Gasteiger partial charge in [0.1, 0.15) is 5.75 Å². The van der Waals surface area contributed by atoms with Crippen LogP contribution >= 0.6 is 23.2 Å². The van der Waals surface area contributed by atoms with Crippen molar-refractivity contribution >= 4 is 52.5 Å². The molecule has 0 radical (unpaired) electrons. The number of nitrogens with zero attached hydrogens (tertiary/aromatic N) is 2. The number of aromatic hydroxyl groups is 1. The van der Waals surface area contributed by atoms with Gasteiger partial charge in [-0.3, -0.25) is 29.5 Å². The van der Waals surface area contributed by atoms with Crippen LogP contribution in [0, 0.1) is 23.7 Å². The highest BCUT2D eigenvalue weighted by atomic mass is 35.5. The molecule has 49 heavy (non-hydrogen) atoms. The number of allylic oxidation sites excluding steroid dienone is 2. The number of hydrogen-bond acceptors (Lipinski definition) is 8. The Balaban J connectivity index is 1.49. The number of anilines is 1. The van der Waals surface area contributed by atoms with E-state index in [9.17, 15) is 19.5 Å². The average Bonchev–Trinajstić information content (AvgIpc) is 3.47. The van der Waals surface area contributed by atoms with E-state index in [0.717, 1.165) is 10.6 Å². The second kappa shape index (κ2) is 12.4. The van der Waals surface area contributed by atoms with Gasteiger partial charge in [0.15, 0.2) is 11.5 Å². The van der Waals surface area contributed by atoms with Gasteiger partial charge in [0.2, 0.25) is 11.8 Å². The predicted molar refractivity (Wildman–Crippen MR) is 182 cm³/mol. The molecule has 0 bridgehead atoms. The van der Waals surface area contributed by atoms with Gasteiger partial charge in [0.25, 0.3) is 11.8 Å². The molecule has 1 saturated carbocycles. The molecule has 3 fully saturated rings. The van der Waals surface area contributed by atoms with Gasteiger partial charge in [-0.2, -0.15) is 5.01 Å². The zero-order valence-electron chi connectivity index (χ0n) is 27.1. The zero-order chi connectivity index (χ0) is 34.8. The fourth-order valence-corrected chi connectivity index (χ4v) is 9.06. The number of phenols is 1. The van der Waals surface area contributed by atoms with Gasteiger partial charge in [0.05, 0.1) is 47.6 Å². The highest BCUT2D eigenvalue weighted by Gasteiger charge is 2.70. The number of nitrogens with one attached hydrogen (secondary N) is 1. The molecule has 6 atom stereocenters. The Hall–Kier alpha value is -4.54. The van der Waals surface area contributed by atoms with Crippen molar-refractivity contribution in [3.05, 3.63) is 93.5 Å². The van der Waals surface area contributed by atoms with E-state index in [-0.39, 0.29) is 54.3 Å². The first kappa shape index (κ1) is 33.0. The average molecular weight is 705 g/mol. The quantitative estimate of drug-likeness (QED) is 0.213. The first-order valence-electron chi connectivity index (χ1n) is 16.3. The number of carbonyl (C=O) groups is 4. The standard InChI is InChI=1S/C37H35Cl2N3O7/c1-4-41-33(44)23-15-14-22-25(30(23)35(41)46)18-26-34(45)42(40-28-16-11-20(38)17-27(28)39)36(47)37(26,19-9-12-21(48-3)13-10-19)31(22)24-7-6-8-29(32(24)43)49-5-2/h6-14,16-17,23,25-26,30-31,40,43H,4-5,15,18H2,1-3H3/t23-,25+,26-,30-,31+,37+/m0/s1. The van der Waals surface area contributed by atoms with Crippen molar-refractivity contribution in [3.8, 4) is 17.2 Å². The minimum atomic E-state index is -1.59. The molecular weight excluding hydrogens is 669 g/mol. The van der Waals surface area contributed by atoms with Crippen LogP contribution in [0.1, 0.15) is 43.7 Å². The number of hydrogen-bond donors (Lipinski definition) is 2. The summed E-state index contributed by atoms with van der Waals surface area (Å²) in [7, 11) is 1.54. The third-order valence-electron chi connectivity index (χ3n) is 10.6. The second-order valence-corrected chi connectivity index (χ2v) is 13.6. The predicted octanol–water partition coefficient (Wildman–Crippen LogP) is 6.11. The summed E-state index contributed by atoms with van der Waals surface area (Å²) >= 11 is 12.7. The maximum absolute atomic E-state index is 15.3. The van der Waals surface area contributed by atoms with Crippen LogP contribution in [-0.4, -0.2) is 58.9 Å². The number of halogens is 2. The van der Waals surface area contributed by atoms with E-state index >= 15 is 4.79 Å². The number of fused-ring (bicyclic) bond motifs is 4. The van der Waals surface area contributed by atoms with Crippen molar-refractivity contribution in [2.24, 2.45) is 23.7 Å². The van der Waals surface area contributed by atoms with Gasteiger partial charge in [0, 0.05) is 23.0 Å². The molecule has 4 amide bonds. The van der Waals surface area contributed by atoms with Crippen LogP contribution in [0.3, 0.4) is 0 Å². The summed E-state index contributed by atoms with van der Waals surface area (Å²) in [6.07, 6.45) is 2.35. The van der Waals surface area contributed by atoms with Crippen LogP contribution in [0.25, 0.3) is 0 Å². The molecule has 2 saturated heterocycles. The monoisotopic (exact) mass is 703 g/mol. The molecule has 0 aromatic heterocycles. The Bertz CT molecular complexity index is 1910. The number of carbonyl (C=O) groups excluding carboxylic acids is 4. The van der Waals surface area contributed by atoms with Gasteiger partial charge in [-0.15, -0.1) is 0 Å². The zero-order valence-corrected chi connectivity index (χ0v) is 28.6. The second-order valence-electron chi connectivity index (χ2n) is 12.8. The van der Waals surface area contributed by atoms with Crippen molar-refractivity contribution < 1.29 is 33.8 Å². The van der Waals surface area contributed by atoms with E-state index in [0.29, 0.717) is 27.6 Å². The molecule has 12 heteroatoms. The van der Waals surface area contributed by atoms with Crippen molar-refractivity contribution in [1.82, 2.24) is 9.91 Å². The number of para-hydroxylation sites is 1. The Morgan fingerprint density at radius 2 is 1.71 bits per heavy atom. The molecule has 254 valence electrons. The molecule has 2 aliphatic carbocycles. The fourth-order valence-electron chi connectivity index (χ4n) is 8.61. The minimum absolute atomic E-state index is 0.120. The van der Waals surface area contributed by atoms with Gasteiger partial charge < -0.3 is 14.6 Å². The van der Waals surface area contributed by atoms with E-state index in [1.54, 1.807) is 68.4 Å². The number of imide groups is 2. The summed E-state index contributed by atoms with van der Waals surface area (Å²) in [6.45, 7) is 4.09. The fraction of sp³-hybridized carbons (Fsp3) is 0.351. The van der Waals surface area contributed by atoms with E-state index in [1.807, 2.05) is 6.08 Å². The first-order chi connectivity index (χ1) is 23.6. The third-order valence-corrected chi connectivity index (χ3v) is 11.2. The number of benzene rings is 3. The summed E-state index contributed by atoms with van der Waals surface area (Å²) in [4.78, 5) is 58.7. The maximum Gasteiger partial charge on any atom is 0.260 e. The summed E-state index contributed by atoms with van der Waals surface area (Å²) in [5, 5.41) is 13.4. The van der Waals surface area contributed by atoms with Crippen LogP contribution in [-0.2, 0) is 24.6 Å². The molecule has 3 aromatic carbocycles. The topological polar surface area (TPSA) is 125 Å². The number of amides is 4. The SMILES string of the molecule is CCOc1cccc([C@H]2C3=CC[C@@H]4C(=O)N(CC)C(=O)[C@@H]4[C@@H]3C[C@H]3C(=O)N(Nc4ccc(Cl)cc4Cl)C(=O)[C@@]23c2ccc(OC)cc2)c1O. The van der Waals surface area contributed by atoms with E-state index in [1.165, 1.54) is 18.1 Å². The Labute approximate surface area is 293 Å². The lowest BCUT2D eigenvalue weighted by Crippen LogP contribution is -2.53. The summed E-state index contributed by atoms with van der Waals surface area (Å²) in [5.74, 6) is -4.76.